The molecule has 1 rings (SSSR count). The van der Waals surface area contributed by atoms with Crippen molar-refractivity contribution in [2.45, 2.75) is 49.8 Å². The van der Waals surface area contributed by atoms with E-state index in [0.29, 0.717) is 0 Å². The van der Waals surface area contributed by atoms with Crippen molar-refractivity contribution < 1.29 is 13.0 Å². The lowest BCUT2D eigenvalue weighted by molar-refractivity contribution is 0.483. The minimum absolute atomic E-state index is 0.0504. The van der Waals surface area contributed by atoms with Crippen LogP contribution in [0, 0.1) is 12.3 Å². The second kappa shape index (κ2) is 7.98. The summed E-state index contributed by atoms with van der Waals surface area (Å²) in [4.78, 5) is -0.0504. The molecular formula is C15H20O3S. The van der Waals surface area contributed by atoms with E-state index in [0.717, 1.165) is 37.7 Å². The van der Waals surface area contributed by atoms with E-state index < -0.39 is 10.1 Å². The Morgan fingerprint density at radius 1 is 1.00 bits per heavy atom. The van der Waals surface area contributed by atoms with Gasteiger partial charge in [-0.25, -0.2) is 0 Å². The van der Waals surface area contributed by atoms with Crippen molar-refractivity contribution in [1.82, 2.24) is 0 Å². The lowest BCUT2D eigenvalue weighted by Crippen LogP contribution is -1.98. The van der Waals surface area contributed by atoms with Crippen molar-refractivity contribution in [3.8, 4) is 12.3 Å². The molecule has 4 heteroatoms. The SMILES string of the molecule is C#CCCCCCCCc1ccc(S(=O)(=O)O)cc1. The zero-order valence-corrected chi connectivity index (χ0v) is 11.8. The predicted molar refractivity (Wildman–Crippen MR) is 76.5 cm³/mol. The number of hydrogen-bond acceptors (Lipinski definition) is 2. The van der Waals surface area contributed by atoms with Crippen molar-refractivity contribution in [3.63, 3.8) is 0 Å². The van der Waals surface area contributed by atoms with E-state index in [1.807, 2.05) is 0 Å². The summed E-state index contributed by atoms with van der Waals surface area (Å²) >= 11 is 0. The average Bonchev–Trinajstić information content (AvgIpc) is 2.37. The Labute approximate surface area is 115 Å². The standard InChI is InChI=1S/C15H20O3S/c1-2-3-4-5-6-7-8-9-14-10-12-15(13-11-14)19(16,17)18/h1,10-13H,3-9H2,(H,16,17,18). The van der Waals surface area contributed by atoms with Gasteiger partial charge in [-0.05, 0) is 37.0 Å². The van der Waals surface area contributed by atoms with Gasteiger partial charge in [0.15, 0.2) is 0 Å². The van der Waals surface area contributed by atoms with E-state index >= 15 is 0 Å². The van der Waals surface area contributed by atoms with Crippen molar-refractivity contribution in [2.75, 3.05) is 0 Å². The quantitative estimate of drug-likeness (QED) is 0.451. The van der Waals surface area contributed by atoms with Crippen molar-refractivity contribution in [2.24, 2.45) is 0 Å². The molecule has 0 saturated carbocycles. The lowest BCUT2D eigenvalue weighted by Gasteiger charge is -2.03. The maximum absolute atomic E-state index is 10.9. The molecule has 1 aromatic rings. The molecule has 0 saturated heterocycles. The molecule has 0 fully saturated rings. The molecule has 1 N–H and O–H groups in total. The Hall–Kier alpha value is -1.31. The summed E-state index contributed by atoms with van der Waals surface area (Å²) in [5, 5.41) is 0. The van der Waals surface area contributed by atoms with Gasteiger partial charge < -0.3 is 0 Å². The van der Waals surface area contributed by atoms with Crippen LogP contribution in [-0.4, -0.2) is 13.0 Å². The van der Waals surface area contributed by atoms with Crippen LogP contribution in [0.15, 0.2) is 29.2 Å². The van der Waals surface area contributed by atoms with Crippen LogP contribution in [0.1, 0.15) is 44.1 Å². The van der Waals surface area contributed by atoms with E-state index in [2.05, 4.69) is 5.92 Å². The minimum Gasteiger partial charge on any atom is -0.282 e. The van der Waals surface area contributed by atoms with Crippen LogP contribution in [0.2, 0.25) is 0 Å². The van der Waals surface area contributed by atoms with E-state index in [-0.39, 0.29) is 4.90 Å². The number of terminal acetylenes is 1. The lowest BCUT2D eigenvalue weighted by atomic mass is 10.1. The maximum Gasteiger partial charge on any atom is 0.294 e. The van der Waals surface area contributed by atoms with Gasteiger partial charge in [0.25, 0.3) is 10.1 Å². The van der Waals surface area contributed by atoms with Crippen LogP contribution in [0.25, 0.3) is 0 Å². The summed E-state index contributed by atoms with van der Waals surface area (Å²) in [6.45, 7) is 0. The molecule has 0 amide bonds. The second-order valence-electron chi connectivity index (χ2n) is 4.59. The van der Waals surface area contributed by atoms with Crippen molar-refractivity contribution >= 4 is 10.1 Å². The molecule has 0 aliphatic rings. The molecule has 0 aliphatic heterocycles. The van der Waals surface area contributed by atoms with Gasteiger partial charge in [-0.2, -0.15) is 8.42 Å². The molecule has 1 aromatic carbocycles. The molecule has 0 unspecified atom stereocenters. The Balaban J connectivity index is 2.26. The maximum atomic E-state index is 10.9. The average molecular weight is 280 g/mol. The molecule has 0 aromatic heterocycles. The monoisotopic (exact) mass is 280 g/mol. The molecule has 3 nitrogen and oxygen atoms in total. The zero-order valence-electron chi connectivity index (χ0n) is 11.0. The van der Waals surface area contributed by atoms with Crippen molar-refractivity contribution in [1.29, 1.82) is 0 Å². The molecule has 0 bridgehead atoms. The number of aryl methyl sites for hydroxylation is 1. The van der Waals surface area contributed by atoms with Gasteiger partial charge in [0.1, 0.15) is 0 Å². The smallest absolute Gasteiger partial charge is 0.282 e. The normalized spacial score (nSPS) is 11.2. The van der Waals surface area contributed by atoms with Gasteiger partial charge in [-0.1, -0.05) is 31.4 Å². The third-order valence-electron chi connectivity index (χ3n) is 3.01. The van der Waals surface area contributed by atoms with Gasteiger partial charge in [-0.3, -0.25) is 4.55 Å². The minimum atomic E-state index is -4.07. The predicted octanol–water partition coefficient (Wildman–Crippen LogP) is 3.45. The first-order valence-electron chi connectivity index (χ1n) is 6.54. The van der Waals surface area contributed by atoms with Crippen LogP contribution in [0.5, 0.6) is 0 Å². The van der Waals surface area contributed by atoms with Gasteiger partial charge in [-0.15, -0.1) is 12.3 Å². The number of unbranched alkanes of at least 4 members (excludes halogenated alkanes) is 5. The Kier molecular flexibility index (Phi) is 6.61. The summed E-state index contributed by atoms with van der Waals surface area (Å²) in [5.41, 5.74) is 1.09. The molecule has 0 heterocycles. The first kappa shape index (κ1) is 15.7. The second-order valence-corrected chi connectivity index (χ2v) is 6.01. The first-order valence-corrected chi connectivity index (χ1v) is 7.98. The highest BCUT2D eigenvalue weighted by atomic mass is 32.2. The Bertz CT molecular complexity index is 509. The van der Waals surface area contributed by atoms with E-state index in [9.17, 15) is 8.42 Å². The number of benzene rings is 1. The van der Waals surface area contributed by atoms with E-state index in [1.54, 1.807) is 12.1 Å². The highest BCUT2D eigenvalue weighted by Gasteiger charge is 2.07. The summed E-state index contributed by atoms with van der Waals surface area (Å²) in [6.07, 6.45) is 12.7. The fourth-order valence-corrected chi connectivity index (χ4v) is 2.39. The molecular weight excluding hydrogens is 260 g/mol. The number of hydrogen-bond donors (Lipinski definition) is 1. The Morgan fingerprint density at radius 3 is 2.16 bits per heavy atom. The fourth-order valence-electron chi connectivity index (χ4n) is 1.91. The summed E-state index contributed by atoms with van der Waals surface area (Å²) in [7, 11) is -4.07. The third-order valence-corrected chi connectivity index (χ3v) is 3.88. The largest absolute Gasteiger partial charge is 0.294 e. The van der Waals surface area contributed by atoms with Gasteiger partial charge in [0.05, 0.1) is 4.90 Å². The van der Waals surface area contributed by atoms with E-state index in [1.165, 1.54) is 25.0 Å². The fraction of sp³-hybridized carbons (Fsp3) is 0.467. The molecule has 0 aliphatic carbocycles. The highest BCUT2D eigenvalue weighted by Crippen LogP contribution is 2.13. The van der Waals surface area contributed by atoms with Crippen LogP contribution < -0.4 is 0 Å². The summed E-state index contributed by atoms with van der Waals surface area (Å²) in [5.74, 6) is 2.63. The molecule has 0 spiro atoms. The van der Waals surface area contributed by atoms with Crippen LogP contribution in [0.4, 0.5) is 0 Å². The third kappa shape index (κ3) is 6.42. The summed E-state index contributed by atoms with van der Waals surface area (Å²) in [6, 6.07) is 6.39. The van der Waals surface area contributed by atoms with Crippen LogP contribution in [-0.2, 0) is 16.5 Å². The topological polar surface area (TPSA) is 54.4 Å². The van der Waals surface area contributed by atoms with Crippen molar-refractivity contribution in [3.05, 3.63) is 29.8 Å². The molecule has 0 atom stereocenters. The molecule has 104 valence electrons. The van der Waals surface area contributed by atoms with Crippen LogP contribution >= 0.6 is 0 Å². The zero-order chi connectivity index (χ0) is 14.1. The van der Waals surface area contributed by atoms with Crippen LogP contribution in [0.3, 0.4) is 0 Å². The first-order chi connectivity index (χ1) is 9.04. The van der Waals surface area contributed by atoms with Gasteiger partial charge >= 0.3 is 0 Å². The Morgan fingerprint density at radius 2 is 1.58 bits per heavy atom. The van der Waals surface area contributed by atoms with E-state index in [4.69, 9.17) is 11.0 Å². The highest BCUT2D eigenvalue weighted by molar-refractivity contribution is 7.85. The van der Waals surface area contributed by atoms with Gasteiger partial charge in [0.2, 0.25) is 0 Å². The molecule has 0 radical (unpaired) electrons. The number of rotatable bonds is 8. The van der Waals surface area contributed by atoms with Gasteiger partial charge in [0, 0.05) is 6.42 Å². The molecule has 19 heavy (non-hydrogen) atoms. The summed E-state index contributed by atoms with van der Waals surface area (Å²) < 4.78 is 30.6.